The number of rotatable bonds is 10. The first kappa shape index (κ1) is 24.7. The summed E-state index contributed by atoms with van der Waals surface area (Å²) in [6.45, 7) is 3.84. The van der Waals surface area contributed by atoms with Crippen LogP contribution < -0.4 is 16.4 Å². The molecule has 0 spiro atoms. The molecular weight excluding hydrogens is 416 g/mol. The Morgan fingerprint density at radius 3 is 2.64 bits per heavy atom. The molecule has 1 aliphatic rings. The predicted octanol–water partition coefficient (Wildman–Crippen LogP) is 2.37. The van der Waals surface area contributed by atoms with Gasteiger partial charge in [-0.1, -0.05) is 55.8 Å². The van der Waals surface area contributed by atoms with E-state index in [0.29, 0.717) is 45.4 Å². The molecule has 2 aromatic rings. The Bertz CT molecular complexity index is 961. The second-order valence-corrected chi connectivity index (χ2v) is 8.93. The zero-order valence-corrected chi connectivity index (χ0v) is 19.5. The van der Waals surface area contributed by atoms with E-state index in [9.17, 15) is 14.4 Å². The molecule has 0 aromatic heterocycles. The molecule has 7 heteroatoms. The van der Waals surface area contributed by atoms with E-state index in [0.717, 1.165) is 35.6 Å². The quantitative estimate of drug-likeness (QED) is 0.481. The summed E-state index contributed by atoms with van der Waals surface area (Å²) in [4.78, 5) is 40.0. The fourth-order valence-electron chi connectivity index (χ4n) is 4.21. The lowest BCUT2D eigenvalue weighted by Gasteiger charge is -2.26. The molecule has 2 atom stereocenters. The Morgan fingerprint density at radius 1 is 1.06 bits per heavy atom. The van der Waals surface area contributed by atoms with Crippen LogP contribution in [0.1, 0.15) is 44.6 Å². The number of carbonyl (C=O) groups excluding carboxylic acids is 3. The van der Waals surface area contributed by atoms with Crippen molar-refractivity contribution < 1.29 is 14.4 Å². The molecule has 0 saturated carbocycles. The minimum absolute atomic E-state index is 0.111. The van der Waals surface area contributed by atoms with E-state index in [2.05, 4.69) is 16.7 Å². The van der Waals surface area contributed by atoms with E-state index in [-0.39, 0.29) is 17.7 Å². The number of nitrogens with zero attached hydrogens (tertiary/aromatic N) is 1. The Balaban J connectivity index is 1.68. The standard InChI is InChI=1S/C26H36N4O3/c1-19(18-30-15-6-2-3-10-24(30)31)25(32)29-23(26(33)28-14-7-13-27)17-20-11-12-21-8-4-5-9-22(21)16-20/h4-5,8-9,11-12,16,19,23H,2-3,6-7,10,13-15,17-18,27H2,1H3,(H,28,33)(H,29,32)/t19?,23-/m1/s1. The van der Waals surface area contributed by atoms with E-state index in [1.807, 2.05) is 43.3 Å². The molecule has 178 valence electrons. The van der Waals surface area contributed by atoms with Gasteiger partial charge in [0.05, 0.1) is 5.92 Å². The SMILES string of the molecule is CC(CN1CCCCCC1=O)C(=O)N[C@H](Cc1ccc2ccccc2c1)C(=O)NCCCN. The number of likely N-dealkylation sites (tertiary alicyclic amines) is 1. The third kappa shape index (κ3) is 7.29. The highest BCUT2D eigenvalue weighted by molar-refractivity contribution is 5.89. The smallest absolute Gasteiger partial charge is 0.242 e. The number of nitrogens with one attached hydrogen (secondary N) is 2. The second-order valence-electron chi connectivity index (χ2n) is 8.93. The molecule has 2 aromatic carbocycles. The predicted molar refractivity (Wildman–Crippen MR) is 130 cm³/mol. The molecule has 0 radical (unpaired) electrons. The van der Waals surface area contributed by atoms with Crippen LogP contribution in [0.25, 0.3) is 10.8 Å². The minimum atomic E-state index is -0.696. The van der Waals surface area contributed by atoms with Crippen LogP contribution in [-0.4, -0.2) is 54.8 Å². The molecule has 7 nitrogen and oxygen atoms in total. The van der Waals surface area contributed by atoms with Crippen molar-refractivity contribution in [1.82, 2.24) is 15.5 Å². The maximum atomic E-state index is 13.0. The van der Waals surface area contributed by atoms with Crippen molar-refractivity contribution in [1.29, 1.82) is 0 Å². The first-order chi connectivity index (χ1) is 16.0. The fourth-order valence-corrected chi connectivity index (χ4v) is 4.21. The van der Waals surface area contributed by atoms with Crippen LogP contribution in [0, 0.1) is 5.92 Å². The van der Waals surface area contributed by atoms with Crippen LogP contribution in [0.5, 0.6) is 0 Å². The van der Waals surface area contributed by atoms with Gasteiger partial charge in [-0.05, 0) is 42.1 Å². The zero-order valence-electron chi connectivity index (χ0n) is 19.5. The maximum Gasteiger partial charge on any atom is 0.242 e. The van der Waals surface area contributed by atoms with Crippen molar-refractivity contribution in [3.63, 3.8) is 0 Å². The van der Waals surface area contributed by atoms with Gasteiger partial charge in [0.2, 0.25) is 17.7 Å². The molecule has 0 bridgehead atoms. The Kier molecular flexibility index (Phi) is 9.24. The summed E-state index contributed by atoms with van der Waals surface area (Å²) in [5.41, 5.74) is 6.52. The lowest BCUT2D eigenvalue weighted by Crippen LogP contribution is -2.51. The number of fused-ring (bicyclic) bond motifs is 1. The summed E-state index contributed by atoms with van der Waals surface area (Å²) in [6, 6.07) is 13.4. The van der Waals surface area contributed by atoms with Gasteiger partial charge < -0.3 is 21.3 Å². The van der Waals surface area contributed by atoms with Gasteiger partial charge in [-0.3, -0.25) is 14.4 Å². The molecule has 1 fully saturated rings. The van der Waals surface area contributed by atoms with Crippen molar-refractivity contribution >= 4 is 28.5 Å². The van der Waals surface area contributed by atoms with E-state index in [1.54, 1.807) is 4.90 Å². The average molecular weight is 453 g/mol. The van der Waals surface area contributed by atoms with Crippen molar-refractivity contribution in [2.45, 2.75) is 51.5 Å². The molecule has 0 aliphatic carbocycles. The second kappa shape index (κ2) is 12.3. The molecular formula is C26H36N4O3. The zero-order chi connectivity index (χ0) is 23.6. The van der Waals surface area contributed by atoms with Gasteiger partial charge in [-0.25, -0.2) is 0 Å². The highest BCUT2D eigenvalue weighted by Gasteiger charge is 2.26. The maximum absolute atomic E-state index is 13.0. The molecule has 4 N–H and O–H groups in total. The highest BCUT2D eigenvalue weighted by atomic mass is 16.2. The number of benzene rings is 2. The van der Waals surface area contributed by atoms with Crippen LogP contribution in [0.15, 0.2) is 42.5 Å². The van der Waals surface area contributed by atoms with Gasteiger partial charge in [0, 0.05) is 32.5 Å². The first-order valence-corrected chi connectivity index (χ1v) is 12.0. The lowest BCUT2D eigenvalue weighted by molar-refractivity contribution is -0.134. The summed E-state index contributed by atoms with van der Waals surface area (Å²) in [5.74, 6) is -0.725. The number of nitrogens with two attached hydrogens (primary N) is 1. The van der Waals surface area contributed by atoms with E-state index < -0.39 is 12.0 Å². The monoisotopic (exact) mass is 452 g/mol. The summed E-state index contributed by atoms with van der Waals surface area (Å²) >= 11 is 0. The van der Waals surface area contributed by atoms with Crippen LogP contribution >= 0.6 is 0 Å². The normalized spacial score (nSPS) is 16.2. The molecule has 1 saturated heterocycles. The Hall–Kier alpha value is -2.93. The molecule has 33 heavy (non-hydrogen) atoms. The Morgan fingerprint density at radius 2 is 1.85 bits per heavy atom. The van der Waals surface area contributed by atoms with Crippen molar-refractivity contribution in [3.8, 4) is 0 Å². The number of hydrogen-bond donors (Lipinski definition) is 3. The third-order valence-electron chi connectivity index (χ3n) is 6.18. The van der Waals surface area contributed by atoms with E-state index in [1.165, 1.54) is 0 Å². The summed E-state index contributed by atoms with van der Waals surface area (Å²) in [7, 11) is 0. The van der Waals surface area contributed by atoms with Crippen molar-refractivity contribution in [3.05, 3.63) is 48.0 Å². The van der Waals surface area contributed by atoms with Crippen LogP contribution in [-0.2, 0) is 20.8 Å². The largest absolute Gasteiger partial charge is 0.354 e. The van der Waals surface area contributed by atoms with Crippen LogP contribution in [0.2, 0.25) is 0 Å². The first-order valence-electron chi connectivity index (χ1n) is 12.0. The molecule has 1 heterocycles. The summed E-state index contributed by atoms with van der Waals surface area (Å²) in [6.07, 6.45) is 4.53. The summed E-state index contributed by atoms with van der Waals surface area (Å²) in [5, 5.41) is 8.05. The minimum Gasteiger partial charge on any atom is -0.354 e. The fraction of sp³-hybridized carbons (Fsp3) is 0.500. The van der Waals surface area contributed by atoms with Crippen molar-refractivity contribution in [2.75, 3.05) is 26.2 Å². The highest BCUT2D eigenvalue weighted by Crippen LogP contribution is 2.17. The van der Waals surface area contributed by atoms with Gasteiger partial charge in [0.1, 0.15) is 6.04 Å². The average Bonchev–Trinajstić information content (AvgIpc) is 3.02. The van der Waals surface area contributed by atoms with Gasteiger partial charge in [0.25, 0.3) is 0 Å². The van der Waals surface area contributed by atoms with Gasteiger partial charge in [-0.15, -0.1) is 0 Å². The number of carbonyl (C=O) groups is 3. The van der Waals surface area contributed by atoms with Gasteiger partial charge in [0.15, 0.2) is 0 Å². The summed E-state index contributed by atoms with van der Waals surface area (Å²) < 4.78 is 0. The molecule has 3 amide bonds. The van der Waals surface area contributed by atoms with Crippen molar-refractivity contribution in [2.24, 2.45) is 11.7 Å². The van der Waals surface area contributed by atoms with E-state index in [4.69, 9.17) is 5.73 Å². The van der Waals surface area contributed by atoms with Gasteiger partial charge >= 0.3 is 0 Å². The lowest BCUT2D eigenvalue weighted by atomic mass is 10.0. The topological polar surface area (TPSA) is 105 Å². The van der Waals surface area contributed by atoms with Crippen LogP contribution in [0.3, 0.4) is 0 Å². The number of amides is 3. The third-order valence-corrected chi connectivity index (χ3v) is 6.18. The molecule has 3 rings (SSSR count). The Labute approximate surface area is 196 Å². The molecule has 1 unspecified atom stereocenters. The van der Waals surface area contributed by atoms with Crippen LogP contribution in [0.4, 0.5) is 0 Å². The molecule has 1 aliphatic heterocycles. The van der Waals surface area contributed by atoms with E-state index >= 15 is 0 Å². The number of hydrogen-bond acceptors (Lipinski definition) is 4. The van der Waals surface area contributed by atoms with Gasteiger partial charge in [-0.2, -0.15) is 0 Å².